The summed E-state index contributed by atoms with van der Waals surface area (Å²) in [5.74, 6) is -0.697. The normalized spacial score (nSPS) is 13.5. The van der Waals surface area contributed by atoms with E-state index in [-0.39, 0.29) is 22.9 Å². The molecule has 0 amide bonds. The third-order valence-corrected chi connectivity index (χ3v) is 4.35. The molecular formula is C22H18N2O3. The minimum atomic E-state index is -0.675. The summed E-state index contributed by atoms with van der Waals surface area (Å²) in [6.45, 7) is 5.21. The minimum absolute atomic E-state index is 0.00651. The molecule has 0 saturated carbocycles. The Morgan fingerprint density at radius 3 is 2.07 bits per heavy atom. The highest BCUT2D eigenvalue weighted by molar-refractivity contribution is 6.28. The first-order chi connectivity index (χ1) is 12.7. The van der Waals surface area contributed by atoms with Crippen LogP contribution in [0.1, 0.15) is 52.6 Å². The van der Waals surface area contributed by atoms with Crippen molar-refractivity contribution >= 4 is 23.0 Å². The number of nitriles is 1. The summed E-state index contributed by atoms with van der Waals surface area (Å²) in [5, 5.41) is 12.1. The number of carbonyl (C=O) groups is 3. The Labute approximate surface area is 157 Å². The van der Waals surface area contributed by atoms with Gasteiger partial charge in [0.2, 0.25) is 0 Å². The molecule has 1 aliphatic carbocycles. The van der Waals surface area contributed by atoms with E-state index in [4.69, 9.17) is 0 Å². The van der Waals surface area contributed by atoms with Crippen LogP contribution in [0, 0.1) is 16.7 Å². The van der Waals surface area contributed by atoms with E-state index in [1.54, 1.807) is 63.2 Å². The van der Waals surface area contributed by atoms with Crippen molar-refractivity contribution < 1.29 is 14.4 Å². The van der Waals surface area contributed by atoms with Gasteiger partial charge in [0.05, 0.1) is 0 Å². The predicted molar refractivity (Wildman–Crippen MR) is 102 cm³/mol. The third kappa shape index (κ3) is 3.30. The number of ketones is 3. The lowest BCUT2D eigenvalue weighted by atomic mass is 9.84. The first-order valence-corrected chi connectivity index (χ1v) is 8.48. The molecule has 0 atom stereocenters. The van der Waals surface area contributed by atoms with Gasteiger partial charge < -0.3 is 5.32 Å². The number of Topliss-reactive ketones (excluding diaryl/α,β-unsaturated/α-hetero) is 1. The first-order valence-electron chi connectivity index (χ1n) is 8.48. The van der Waals surface area contributed by atoms with E-state index in [1.165, 1.54) is 6.20 Å². The van der Waals surface area contributed by atoms with Crippen molar-refractivity contribution in [2.45, 2.75) is 20.8 Å². The Morgan fingerprint density at radius 1 is 0.963 bits per heavy atom. The van der Waals surface area contributed by atoms with E-state index in [0.717, 1.165) is 0 Å². The molecule has 1 aliphatic rings. The van der Waals surface area contributed by atoms with E-state index >= 15 is 0 Å². The van der Waals surface area contributed by atoms with Gasteiger partial charge in [0.15, 0.2) is 17.3 Å². The average Bonchev–Trinajstić information content (AvgIpc) is 2.65. The van der Waals surface area contributed by atoms with Crippen LogP contribution in [0.5, 0.6) is 0 Å². The zero-order valence-electron chi connectivity index (χ0n) is 15.3. The van der Waals surface area contributed by atoms with E-state index in [9.17, 15) is 19.6 Å². The SMILES string of the molecule is CC(C)(C)C(=O)/C(C#N)=C\Nc1ccc2c(c1)C(=O)c1ccccc1C2=O. The lowest BCUT2D eigenvalue weighted by Crippen LogP contribution is -2.22. The second-order valence-electron chi connectivity index (χ2n) is 7.36. The fraction of sp³-hybridized carbons (Fsp3) is 0.182. The van der Waals surface area contributed by atoms with Gasteiger partial charge in [0, 0.05) is 39.6 Å². The van der Waals surface area contributed by atoms with Crippen molar-refractivity contribution in [3.8, 4) is 6.07 Å². The monoisotopic (exact) mass is 358 g/mol. The smallest absolute Gasteiger partial charge is 0.194 e. The quantitative estimate of drug-likeness (QED) is 0.567. The molecule has 0 saturated heterocycles. The maximum Gasteiger partial charge on any atom is 0.194 e. The molecule has 0 aromatic heterocycles. The van der Waals surface area contributed by atoms with Gasteiger partial charge in [0.25, 0.3) is 0 Å². The molecule has 0 fully saturated rings. The standard InChI is InChI=1S/C22H18N2O3/c1-22(2,3)21(27)13(11-23)12-24-14-8-9-17-18(10-14)20(26)16-7-5-4-6-15(16)19(17)25/h4-10,12,24H,1-3H3/b13-12-. The highest BCUT2D eigenvalue weighted by Gasteiger charge is 2.29. The van der Waals surface area contributed by atoms with Crippen LogP contribution in [-0.2, 0) is 4.79 Å². The second-order valence-corrected chi connectivity index (χ2v) is 7.36. The zero-order chi connectivity index (χ0) is 19.8. The van der Waals surface area contributed by atoms with Crippen LogP contribution in [0.25, 0.3) is 0 Å². The van der Waals surface area contributed by atoms with Crippen LogP contribution >= 0.6 is 0 Å². The Balaban J connectivity index is 1.95. The molecule has 0 radical (unpaired) electrons. The number of nitrogens with zero attached hydrogens (tertiary/aromatic N) is 1. The summed E-state index contributed by atoms with van der Waals surface area (Å²) in [6, 6.07) is 13.4. The fourth-order valence-corrected chi connectivity index (χ4v) is 2.90. The molecule has 0 bridgehead atoms. The van der Waals surface area contributed by atoms with Gasteiger partial charge in [-0.05, 0) is 18.2 Å². The number of rotatable bonds is 3. The van der Waals surface area contributed by atoms with Crippen LogP contribution < -0.4 is 5.32 Å². The predicted octanol–water partition coefficient (Wildman–Crippen LogP) is 3.90. The average molecular weight is 358 g/mol. The van der Waals surface area contributed by atoms with Crippen molar-refractivity contribution in [1.82, 2.24) is 0 Å². The Hall–Kier alpha value is -3.52. The highest BCUT2D eigenvalue weighted by Crippen LogP contribution is 2.29. The summed E-state index contributed by atoms with van der Waals surface area (Å²) in [6.07, 6.45) is 1.33. The number of fused-ring (bicyclic) bond motifs is 2. The molecular weight excluding hydrogens is 340 g/mol. The van der Waals surface area contributed by atoms with Crippen LogP contribution in [0.15, 0.2) is 54.2 Å². The Morgan fingerprint density at radius 2 is 1.52 bits per heavy atom. The second kappa shape index (κ2) is 6.65. The molecule has 0 unspecified atom stereocenters. The zero-order valence-corrected chi connectivity index (χ0v) is 15.3. The van der Waals surface area contributed by atoms with Gasteiger partial charge in [-0.3, -0.25) is 14.4 Å². The molecule has 2 aromatic carbocycles. The molecule has 134 valence electrons. The summed E-state index contributed by atoms with van der Waals surface area (Å²) < 4.78 is 0. The molecule has 5 nitrogen and oxygen atoms in total. The van der Waals surface area contributed by atoms with Gasteiger partial charge in [-0.25, -0.2) is 0 Å². The maximum atomic E-state index is 12.7. The Kier molecular flexibility index (Phi) is 4.50. The number of nitrogens with one attached hydrogen (secondary N) is 1. The lowest BCUT2D eigenvalue weighted by molar-refractivity contribution is -0.122. The molecule has 0 heterocycles. The van der Waals surface area contributed by atoms with E-state index in [1.807, 2.05) is 6.07 Å². The highest BCUT2D eigenvalue weighted by atomic mass is 16.1. The summed E-state index contributed by atoms with van der Waals surface area (Å²) >= 11 is 0. The third-order valence-electron chi connectivity index (χ3n) is 4.35. The molecule has 1 N–H and O–H groups in total. The van der Waals surface area contributed by atoms with E-state index in [2.05, 4.69) is 5.32 Å². The molecule has 0 spiro atoms. The summed E-state index contributed by atoms with van der Waals surface area (Å²) in [4.78, 5) is 37.6. The van der Waals surface area contributed by atoms with Crippen molar-refractivity contribution in [3.05, 3.63) is 76.5 Å². The van der Waals surface area contributed by atoms with Gasteiger partial charge in [0.1, 0.15) is 11.6 Å². The summed E-state index contributed by atoms with van der Waals surface area (Å²) in [7, 11) is 0. The fourth-order valence-electron chi connectivity index (χ4n) is 2.90. The first kappa shape index (κ1) is 18.3. The van der Waals surface area contributed by atoms with Crippen LogP contribution in [0.3, 0.4) is 0 Å². The number of benzene rings is 2. The molecule has 0 aliphatic heterocycles. The van der Waals surface area contributed by atoms with Crippen LogP contribution in [0.4, 0.5) is 5.69 Å². The van der Waals surface area contributed by atoms with Gasteiger partial charge >= 0.3 is 0 Å². The molecule has 5 heteroatoms. The molecule has 3 rings (SSSR count). The number of hydrogen-bond donors (Lipinski definition) is 1. The maximum absolute atomic E-state index is 12.7. The van der Waals surface area contributed by atoms with Crippen molar-refractivity contribution in [2.75, 3.05) is 5.32 Å². The summed E-state index contributed by atoms with van der Waals surface area (Å²) in [5.41, 5.74) is 1.26. The van der Waals surface area contributed by atoms with Gasteiger partial charge in [-0.2, -0.15) is 5.26 Å². The number of anilines is 1. The largest absolute Gasteiger partial charge is 0.360 e. The minimum Gasteiger partial charge on any atom is -0.360 e. The van der Waals surface area contributed by atoms with E-state index in [0.29, 0.717) is 27.9 Å². The van der Waals surface area contributed by atoms with Crippen LogP contribution in [0.2, 0.25) is 0 Å². The number of carbonyl (C=O) groups excluding carboxylic acids is 3. The number of allylic oxidation sites excluding steroid dienone is 1. The van der Waals surface area contributed by atoms with E-state index < -0.39 is 5.41 Å². The Bertz CT molecular complexity index is 1050. The van der Waals surface area contributed by atoms with Crippen molar-refractivity contribution in [1.29, 1.82) is 5.26 Å². The topological polar surface area (TPSA) is 87.0 Å². The van der Waals surface area contributed by atoms with Crippen molar-refractivity contribution in [2.24, 2.45) is 5.41 Å². The molecule has 2 aromatic rings. The van der Waals surface area contributed by atoms with Crippen molar-refractivity contribution in [3.63, 3.8) is 0 Å². The van der Waals surface area contributed by atoms with Gasteiger partial charge in [-0.1, -0.05) is 45.0 Å². The molecule has 27 heavy (non-hydrogen) atoms. The lowest BCUT2D eigenvalue weighted by Gasteiger charge is -2.18. The van der Waals surface area contributed by atoms with Crippen LogP contribution in [-0.4, -0.2) is 17.3 Å². The van der Waals surface area contributed by atoms with Gasteiger partial charge in [-0.15, -0.1) is 0 Å². The number of hydrogen-bond acceptors (Lipinski definition) is 5.